The Balaban J connectivity index is 1.68. The molecule has 0 N–H and O–H groups in total. The molecule has 0 fully saturated rings. The van der Waals surface area contributed by atoms with Crippen LogP contribution in [-0.4, -0.2) is 14.1 Å². The van der Waals surface area contributed by atoms with Crippen molar-refractivity contribution in [2.75, 3.05) is 0 Å². The molecule has 0 aliphatic rings. The van der Waals surface area contributed by atoms with E-state index in [2.05, 4.69) is 0 Å². The minimum absolute atomic E-state index is 0.0668. The van der Waals surface area contributed by atoms with Gasteiger partial charge in [0.15, 0.2) is 0 Å². The van der Waals surface area contributed by atoms with Crippen LogP contribution in [0.25, 0.3) is 0 Å². The number of hydrogen-bond donors (Lipinski definition) is 0. The molecule has 0 saturated carbocycles. The number of nitro benzene ring substituents is 2. The largest absolute Gasteiger partial charge is 0.456 e. The van der Waals surface area contributed by atoms with E-state index in [9.17, 15) is 24.4 Å². The molecular formula is C26H20N2O7S. The third kappa shape index (κ3) is 5.56. The molecule has 0 aromatic heterocycles. The number of nitrogens with zero attached hydrogens (tertiary/aromatic N) is 2. The maximum atomic E-state index is 13.8. The van der Waals surface area contributed by atoms with Gasteiger partial charge in [-0.05, 0) is 73.5 Å². The Morgan fingerprint density at radius 1 is 0.611 bits per heavy atom. The molecule has 182 valence electrons. The topological polar surface area (TPSA) is 122 Å². The van der Waals surface area contributed by atoms with Crippen LogP contribution in [0.15, 0.2) is 94.7 Å². The van der Waals surface area contributed by atoms with Gasteiger partial charge in [-0.1, -0.05) is 12.1 Å². The van der Waals surface area contributed by atoms with Gasteiger partial charge in [-0.2, -0.15) is 0 Å². The average molecular weight is 505 g/mol. The molecule has 0 aliphatic heterocycles. The number of nitro groups is 2. The standard InChI is InChI=1S/C26H20N2O7S/c1-17-3-13-23(34-21-9-5-19(6-10-21)27(29)30)25(15-17)36(33)26-16-18(2)4-14-24(26)35-22-11-7-20(8-12-22)28(31)32/h3-16H,1-2H3. The van der Waals surface area contributed by atoms with Crippen molar-refractivity contribution in [1.29, 1.82) is 0 Å². The van der Waals surface area contributed by atoms with Gasteiger partial charge in [0.2, 0.25) is 0 Å². The number of aryl methyl sites for hydroxylation is 2. The van der Waals surface area contributed by atoms with Gasteiger partial charge in [0, 0.05) is 24.3 Å². The Labute approximate surface area is 208 Å². The van der Waals surface area contributed by atoms with Crippen LogP contribution in [0.2, 0.25) is 0 Å². The summed E-state index contributed by atoms with van der Waals surface area (Å²) in [6.45, 7) is 3.72. The lowest BCUT2D eigenvalue weighted by Gasteiger charge is -2.15. The summed E-state index contributed by atoms with van der Waals surface area (Å²) in [4.78, 5) is 21.6. The molecule has 4 aromatic carbocycles. The van der Waals surface area contributed by atoms with Gasteiger partial charge in [0.25, 0.3) is 11.4 Å². The molecule has 0 unspecified atom stereocenters. The van der Waals surface area contributed by atoms with Crippen molar-refractivity contribution in [3.8, 4) is 23.0 Å². The van der Waals surface area contributed by atoms with Gasteiger partial charge in [0.05, 0.1) is 30.4 Å². The molecule has 4 rings (SSSR count). The van der Waals surface area contributed by atoms with Gasteiger partial charge in [-0.3, -0.25) is 20.2 Å². The highest BCUT2D eigenvalue weighted by Gasteiger charge is 2.20. The molecule has 0 saturated heterocycles. The first kappa shape index (κ1) is 24.6. The van der Waals surface area contributed by atoms with Crippen molar-refractivity contribution in [1.82, 2.24) is 0 Å². The van der Waals surface area contributed by atoms with E-state index in [-0.39, 0.29) is 11.4 Å². The highest BCUT2D eigenvalue weighted by atomic mass is 32.2. The van der Waals surface area contributed by atoms with Crippen LogP contribution in [0.5, 0.6) is 23.0 Å². The molecule has 4 aromatic rings. The van der Waals surface area contributed by atoms with E-state index in [1.807, 2.05) is 26.0 Å². The summed E-state index contributed by atoms with van der Waals surface area (Å²) in [5.41, 5.74) is 1.59. The Hall–Kier alpha value is -4.57. The smallest absolute Gasteiger partial charge is 0.269 e. The minimum Gasteiger partial charge on any atom is -0.456 e. The Bertz CT molecular complexity index is 1360. The van der Waals surface area contributed by atoms with Crippen molar-refractivity contribution < 1.29 is 23.5 Å². The summed E-state index contributed by atoms with van der Waals surface area (Å²) < 4.78 is 25.7. The first-order valence-electron chi connectivity index (χ1n) is 10.7. The highest BCUT2D eigenvalue weighted by Crippen LogP contribution is 2.37. The summed E-state index contributed by atoms with van der Waals surface area (Å²) >= 11 is 0. The van der Waals surface area contributed by atoms with Crippen LogP contribution < -0.4 is 9.47 Å². The minimum atomic E-state index is -1.73. The van der Waals surface area contributed by atoms with Crippen LogP contribution in [-0.2, 0) is 10.8 Å². The van der Waals surface area contributed by atoms with Crippen LogP contribution in [0.4, 0.5) is 11.4 Å². The van der Waals surface area contributed by atoms with Gasteiger partial charge in [0.1, 0.15) is 23.0 Å². The van der Waals surface area contributed by atoms with E-state index in [0.717, 1.165) is 11.1 Å². The Kier molecular flexibility index (Phi) is 7.07. The van der Waals surface area contributed by atoms with Crippen LogP contribution in [0.1, 0.15) is 11.1 Å². The normalized spacial score (nSPS) is 10.8. The van der Waals surface area contributed by atoms with E-state index in [1.54, 1.807) is 24.3 Å². The number of non-ortho nitro benzene ring substituents is 2. The van der Waals surface area contributed by atoms with Crippen molar-refractivity contribution in [2.24, 2.45) is 0 Å². The molecule has 0 amide bonds. The molecule has 0 atom stereocenters. The molecular weight excluding hydrogens is 484 g/mol. The van der Waals surface area contributed by atoms with E-state index in [4.69, 9.17) is 9.47 Å². The maximum absolute atomic E-state index is 13.8. The number of benzene rings is 4. The summed E-state index contributed by atoms with van der Waals surface area (Å²) in [6.07, 6.45) is 0. The van der Waals surface area contributed by atoms with E-state index >= 15 is 0 Å². The van der Waals surface area contributed by atoms with Crippen molar-refractivity contribution in [3.05, 3.63) is 116 Å². The summed E-state index contributed by atoms with van der Waals surface area (Å²) in [6, 6.07) is 21.7. The second-order valence-corrected chi connectivity index (χ2v) is 9.29. The molecule has 0 radical (unpaired) electrons. The second kappa shape index (κ2) is 10.4. The first-order chi connectivity index (χ1) is 17.2. The lowest BCUT2D eigenvalue weighted by molar-refractivity contribution is -0.385. The SMILES string of the molecule is Cc1ccc(Oc2ccc([N+](=O)[O-])cc2)c(S(=O)c2cc(C)ccc2Oc2ccc([N+](=O)[O-])cc2)c1. The monoisotopic (exact) mass is 504 g/mol. The molecule has 0 aliphatic carbocycles. The number of hydrogen-bond acceptors (Lipinski definition) is 7. The quantitative estimate of drug-likeness (QED) is 0.189. The highest BCUT2D eigenvalue weighted by molar-refractivity contribution is 7.85. The molecule has 9 nitrogen and oxygen atoms in total. The molecule has 0 heterocycles. The predicted molar refractivity (Wildman–Crippen MR) is 133 cm³/mol. The van der Waals surface area contributed by atoms with Gasteiger partial charge in [-0.15, -0.1) is 0 Å². The van der Waals surface area contributed by atoms with Crippen molar-refractivity contribution >= 4 is 22.2 Å². The van der Waals surface area contributed by atoms with Gasteiger partial charge in [-0.25, -0.2) is 4.21 Å². The van der Waals surface area contributed by atoms with Crippen LogP contribution in [0.3, 0.4) is 0 Å². The summed E-state index contributed by atoms with van der Waals surface area (Å²) in [5.74, 6) is 1.37. The predicted octanol–water partition coefficient (Wildman–Crippen LogP) is 6.87. The third-order valence-electron chi connectivity index (χ3n) is 5.15. The third-order valence-corrected chi connectivity index (χ3v) is 6.59. The van der Waals surface area contributed by atoms with Crippen molar-refractivity contribution in [3.63, 3.8) is 0 Å². The zero-order valence-electron chi connectivity index (χ0n) is 19.2. The summed E-state index contributed by atoms with van der Waals surface area (Å²) in [7, 11) is -1.73. The Morgan fingerprint density at radius 2 is 0.972 bits per heavy atom. The van der Waals surface area contributed by atoms with Gasteiger partial charge < -0.3 is 9.47 Å². The molecule has 10 heteroatoms. The molecule has 0 spiro atoms. The van der Waals surface area contributed by atoms with E-state index in [0.29, 0.717) is 32.8 Å². The summed E-state index contributed by atoms with van der Waals surface area (Å²) in [5, 5.41) is 21.9. The zero-order valence-corrected chi connectivity index (χ0v) is 20.1. The van der Waals surface area contributed by atoms with E-state index < -0.39 is 20.6 Å². The zero-order chi connectivity index (χ0) is 25.8. The fourth-order valence-electron chi connectivity index (χ4n) is 3.33. The fraction of sp³-hybridized carbons (Fsp3) is 0.0769. The maximum Gasteiger partial charge on any atom is 0.269 e. The number of ether oxygens (including phenoxy) is 2. The fourth-order valence-corrected chi connectivity index (χ4v) is 4.74. The average Bonchev–Trinajstić information content (AvgIpc) is 2.86. The van der Waals surface area contributed by atoms with Gasteiger partial charge >= 0.3 is 0 Å². The molecule has 0 bridgehead atoms. The molecule has 36 heavy (non-hydrogen) atoms. The Morgan fingerprint density at radius 3 is 1.31 bits per heavy atom. The lowest BCUT2D eigenvalue weighted by Crippen LogP contribution is -2.01. The van der Waals surface area contributed by atoms with E-state index in [1.165, 1.54) is 48.5 Å². The first-order valence-corrected chi connectivity index (χ1v) is 11.8. The van der Waals surface area contributed by atoms with Crippen LogP contribution in [0, 0.1) is 34.1 Å². The number of rotatable bonds is 8. The second-order valence-electron chi connectivity index (χ2n) is 7.88. The lowest BCUT2D eigenvalue weighted by atomic mass is 10.2. The van der Waals surface area contributed by atoms with Crippen molar-refractivity contribution in [2.45, 2.75) is 23.6 Å². The van der Waals surface area contributed by atoms with Crippen LogP contribution >= 0.6 is 0 Å².